The first-order valence-electron chi connectivity index (χ1n) is 11.6. The summed E-state index contributed by atoms with van der Waals surface area (Å²) in [5.41, 5.74) is 4.10. The zero-order chi connectivity index (χ0) is 23.0. The van der Waals surface area contributed by atoms with E-state index in [1.807, 2.05) is 24.3 Å². The summed E-state index contributed by atoms with van der Waals surface area (Å²) in [5, 5.41) is 15.0. The quantitative estimate of drug-likeness (QED) is 0.535. The van der Waals surface area contributed by atoms with Crippen LogP contribution in [0.15, 0.2) is 48.5 Å². The van der Waals surface area contributed by atoms with E-state index in [0.717, 1.165) is 24.0 Å². The van der Waals surface area contributed by atoms with E-state index in [2.05, 4.69) is 34.9 Å². The Hall–Kier alpha value is -3.35. The number of alkyl carbamates (subject to hydrolysis) is 1. The number of hydrogen-bond acceptors (Lipinski definition) is 4. The van der Waals surface area contributed by atoms with Crippen LogP contribution in [0.5, 0.6) is 0 Å². The fraction of sp³-hybridized carbons (Fsp3) is 0.423. The molecule has 2 aromatic carbocycles. The van der Waals surface area contributed by atoms with Gasteiger partial charge in [0, 0.05) is 24.9 Å². The number of carboxylic acids is 1. The smallest absolute Gasteiger partial charge is 0.407 e. The molecule has 2 fully saturated rings. The highest BCUT2D eigenvalue weighted by Gasteiger charge is 2.65. The lowest BCUT2D eigenvalue weighted by atomic mass is 9.98. The first kappa shape index (κ1) is 21.5. The fourth-order valence-electron chi connectivity index (χ4n) is 5.65. The molecule has 5 rings (SSSR count). The molecule has 3 unspecified atom stereocenters. The van der Waals surface area contributed by atoms with Gasteiger partial charge in [0.2, 0.25) is 5.91 Å². The summed E-state index contributed by atoms with van der Waals surface area (Å²) in [7, 11) is 0. The van der Waals surface area contributed by atoms with Gasteiger partial charge in [-0.05, 0) is 53.9 Å². The van der Waals surface area contributed by atoms with Gasteiger partial charge in [-0.3, -0.25) is 9.59 Å². The van der Waals surface area contributed by atoms with E-state index in [1.165, 1.54) is 11.1 Å². The van der Waals surface area contributed by atoms with Crippen molar-refractivity contribution in [2.24, 2.45) is 11.3 Å². The van der Waals surface area contributed by atoms with Crippen molar-refractivity contribution in [1.82, 2.24) is 10.6 Å². The molecule has 0 bridgehead atoms. The highest BCUT2D eigenvalue weighted by Crippen LogP contribution is 2.63. The Kier molecular flexibility index (Phi) is 5.56. The third kappa shape index (κ3) is 4.08. The molecule has 0 aromatic heterocycles. The number of hydrogen-bond donors (Lipinski definition) is 3. The van der Waals surface area contributed by atoms with Crippen LogP contribution >= 0.6 is 0 Å². The molecular weight excluding hydrogens is 420 g/mol. The lowest BCUT2D eigenvalue weighted by Crippen LogP contribution is -2.35. The summed E-state index contributed by atoms with van der Waals surface area (Å²) in [4.78, 5) is 35.7. The van der Waals surface area contributed by atoms with Crippen LogP contribution in [-0.2, 0) is 14.3 Å². The number of aliphatic carboxylic acids is 1. The van der Waals surface area contributed by atoms with Gasteiger partial charge < -0.3 is 20.5 Å². The lowest BCUT2D eigenvalue weighted by molar-refractivity contribution is -0.143. The predicted molar refractivity (Wildman–Crippen MR) is 122 cm³/mol. The molecule has 3 aliphatic carbocycles. The van der Waals surface area contributed by atoms with Crippen molar-refractivity contribution in [3.05, 3.63) is 59.7 Å². The Morgan fingerprint density at radius 2 is 1.67 bits per heavy atom. The molecule has 2 amide bonds. The molecule has 3 aliphatic rings. The zero-order valence-electron chi connectivity index (χ0n) is 18.4. The van der Waals surface area contributed by atoms with E-state index in [0.29, 0.717) is 19.4 Å². The predicted octanol–water partition coefficient (Wildman–Crippen LogP) is 3.67. The van der Waals surface area contributed by atoms with Crippen LogP contribution in [0.2, 0.25) is 0 Å². The first-order chi connectivity index (χ1) is 16.0. The van der Waals surface area contributed by atoms with E-state index in [1.54, 1.807) is 0 Å². The summed E-state index contributed by atoms with van der Waals surface area (Å²) >= 11 is 0. The van der Waals surface area contributed by atoms with Gasteiger partial charge in [-0.25, -0.2) is 4.79 Å². The van der Waals surface area contributed by atoms with Crippen molar-refractivity contribution in [3.8, 4) is 11.1 Å². The van der Waals surface area contributed by atoms with E-state index < -0.39 is 17.5 Å². The average molecular weight is 449 g/mol. The second-order valence-corrected chi connectivity index (χ2v) is 9.42. The Morgan fingerprint density at radius 1 is 1.00 bits per heavy atom. The van der Waals surface area contributed by atoms with Crippen LogP contribution in [-0.4, -0.2) is 42.3 Å². The third-order valence-electron chi connectivity index (χ3n) is 7.40. The molecule has 0 radical (unpaired) electrons. The van der Waals surface area contributed by atoms with Gasteiger partial charge in [0.25, 0.3) is 0 Å². The molecule has 33 heavy (non-hydrogen) atoms. The molecule has 0 saturated heterocycles. The number of fused-ring (bicyclic) bond motifs is 4. The van der Waals surface area contributed by atoms with Crippen molar-refractivity contribution in [2.45, 2.75) is 44.1 Å². The van der Waals surface area contributed by atoms with Crippen molar-refractivity contribution in [2.75, 3.05) is 13.2 Å². The number of nitrogens with one attached hydrogen (secondary N) is 2. The maximum atomic E-state index is 12.2. The standard InChI is InChI=1S/C26H28N2O5/c29-23(28-17-12-16-13-26(16,14-17)24(30)31)10-5-11-27-25(32)33-15-22-20-8-3-1-6-18(20)19-7-2-4-9-21(19)22/h1-4,6-9,16-17,22H,5,10-15H2,(H,27,32)(H,28,29)(H,30,31). The summed E-state index contributed by atoms with van der Waals surface area (Å²) in [6.07, 6.45) is 2.30. The van der Waals surface area contributed by atoms with Crippen LogP contribution in [0, 0.1) is 11.3 Å². The number of amides is 2. The number of carbonyl (C=O) groups is 3. The normalized spacial score (nSPS) is 24.4. The number of carboxylic acid groups (broad SMARTS) is 1. The minimum absolute atomic E-state index is 0.0145. The van der Waals surface area contributed by atoms with E-state index in [9.17, 15) is 19.5 Å². The van der Waals surface area contributed by atoms with Crippen molar-refractivity contribution in [1.29, 1.82) is 0 Å². The molecule has 2 aromatic rings. The molecule has 0 spiro atoms. The van der Waals surface area contributed by atoms with Gasteiger partial charge in [-0.15, -0.1) is 0 Å². The van der Waals surface area contributed by atoms with Crippen LogP contribution < -0.4 is 10.6 Å². The highest BCUT2D eigenvalue weighted by atomic mass is 16.5. The van der Waals surface area contributed by atoms with Gasteiger partial charge in [-0.2, -0.15) is 0 Å². The molecule has 3 N–H and O–H groups in total. The van der Waals surface area contributed by atoms with Gasteiger partial charge >= 0.3 is 12.1 Å². The monoisotopic (exact) mass is 448 g/mol. The molecule has 0 aliphatic heterocycles. The maximum absolute atomic E-state index is 12.2. The van der Waals surface area contributed by atoms with Crippen LogP contribution in [0.3, 0.4) is 0 Å². The Balaban J connectivity index is 1.03. The second kappa shape index (κ2) is 8.54. The van der Waals surface area contributed by atoms with Gasteiger partial charge in [-0.1, -0.05) is 48.5 Å². The molecule has 172 valence electrons. The zero-order valence-corrected chi connectivity index (χ0v) is 18.4. The molecule has 3 atom stereocenters. The van der Waals surface area contributed by atoms with Crippen LogP contribution in [0.4, 0.5) is 4.79 Å². The topological polar surface area (TPSA) is 105 Å². The summed E-state index contributed by atoms with van der Waals surface area (Å²) in [6.45, 7) is 0.602. The Labute approximate surface area is 192 Å². The summed E-state index contributed by atoms with van der Waals surface area (Å²) < 4.78 is 5.50. The number of benzene rings is 2. The van der Waals surface area contributed by atoms with E-state index in [-0.39, 0.29) is 36.8 Å². The Morgan fingerprint density at radius 3 is 2.30 bits per heavy atom. The molecule has 7 heteroatoms. The SMILES string of the molecule is O=C(CCCNC(=O)OCC1c2ccccc2-c2ccccc21)NC1CC2CC2(C(=O)O)C1. The number of ether oxygens (including phenoxy) is 1. The van der Waals surface area contributed by atoms with Gasteiger partial charge in [0.15, 0.2) is 0 Å². The molecule has 2 saturated carbocycles. The van der Waals surface area contributed by atoms with Crippen LogP contribution in [0.25, 0.3) is 11.1 Å². The minimum Gasteiger partial charge on any atom is -0.481 e. The van der Waals surface area contributed by atoms with E-state index >= 15 is 0 Å². The number of carbonyl (C=O) groups excluding carboxylic acids is 2. The van der Waals surface area contributed by atoms with Crippen molar-refractivity contribution < 1.29 is 24.2 Å². The van der Waals surface area contributed by atoms with Crippen molar-refractivity contribution >= 4 is 18.0 Å². The fourth-order valence-corrected chi connectivity index (χ4v) is 5.65. The van der Waals surface area contributed by atoms with E-state index in [4.69, 9.17) is 4.74 Å². The third-order valence-corrected chi connectivity index (χ3v) is 7.40. The van der Waals surface area contributed by atoms with Crippen molar-refractivity contribution in [3.63, 3.8) is 0 Å². The number of rotatable bonds is 8. The second-order valence-electron chi connectivity index (χ2n) is 9.42. The first-order valence-corrected chi connectivity index (χ1v) is 11.6. The molecule has 7 nitrogen and oxygen atoms in total. The highest BCUT2D eigenvalue weighted by molar-refractivity contribution is 5.81. The lowest BCUT2D eigenvalue weighted by Gasteiger charge is -2.16. The average Bonchev–Trinajstić information content (AvgIpc) is 3.24. The Bertz CT molecular complexity index is 1050. The molecule has 0 heterocycles. The largest absolute Gasteiger partial charge is 0.481 e. The van der Waals surface area contributed by atoms with Gasteiger partial charge in [0.1, 0.15) is 6.61 Å². The minimum atomic E-state index is -0.739. The maximum Gasteiger partial charge on any atom is 0.407 e. The van der Waals surface area contributed by atoms with Gasteiger partial charge in [0.05, 0.1) is 5.41 Å². The summed E-state index contributed by atoms with van der Waals surface area (Å²) in [6, 6.07) is 16.3. The summed E-state index contributed by atoms with van der Waals surface area (Å²) in [5.74, 6) is -0.621. The molecular formula is C26H28N2O5. The van der Waals surface area contributed by atoms with Crippen LogP contribution in [0.1, 0.15) is 49.1 Å².